The van der Waals surface area contributed by atoms with Crippen LogP contribution in [0.25, 0.3) is 0 Å². The van der Waals surface area contributed by atoms with Crippen molar-refractivity contribution in [2.45, 2.75) is 33.4 Å². The molecule has 1 fully saturated rings. The summed E-state index contributed by atoms with van der Waals surface area (Å²) in [6.45, 7) is 7.70. The molecule has 3 aromatic rings. The van der Waals surface area contributed by atoms with E-state index in [-0.39, 0.29) is 24.4 Å². The van der Waals surface area contributed by atoms with Crippen molar-refractivity contribution in [2.24, 2.45) is 0 Å². The zero-order chi connectivity index (χ0) is 25.8. The molecule has 1 aromatic carbocycles. The van der Waals surface area contributed by atoms with Crippen LogP contribution in [0.5, 0.6) is 17.2 Å². The Hall–Kier alpha value is -3.30. The van der Waals surface area contributed by atoms with Gasteiger partial charge in [0.05, 0.1) is 45.0 Å². The van der Waals surface area contributed by atoms with E-state index in [9.17, 15) is 9.59 Å². The number of ketones is 1. The number of rotatable bonds is 9. The number of hydrogen-bond acceptors (Lipinski definition) is 7. The summed E-state index contributed by atoms with van der Waals surface area (Å²) in [6.07, 6.45) is -0.354. The van der Waals surface area contributed by atoms with Crippen LogP contribution in [0, 0.1) is 13.8 Å². The molecule has 1 unspecified atom stereocenters. The number of methoxy groups -OCH3 is 2. The van der Waals surface area contributed by atoms with Gasteiger partial charge in [-0.25, -0.2) is 0 Å². The third-order valence-corrected chi connectivity index (χ3v) is 7.28. The van der Waals surface area contributed by atoms with Gasteiger partial charge in [0.2, 0.25) is 5.75 Å². The fourth-order valence-corrected chi connectivity index (χ4v) is 5.18. The standard InChI is InChI=1S/C27H32N2O6S/c1-17-13-23(18(2)29(17)15-21-7-6-12-36-21)27(31)28-10-11-34-20(14-28)16-35-25-22(19(3)30)8-9-24(32-4)26(25)33-5/h6-9,12-13,20H,10-11,14-16H2,1-5H3. The minimum absolute atomic E-state index is 0.0165. The summed E-state index contributed by atoms with van der Waals surface area (Å²) in [6, 6.07) is 9.44. The Morgan fingerprint density at radius 2 is 1.92 bits per heavy atom. The lowest BCUT2D eigenvalue weighted by atomic mass is 10.1. The van der Waals surface area contributed by atoms with Gasteiger partial charge in [-0.3, -0.25) is 9.59 Å². The maximum absolute atomic E-state index is 13.5. The fraction of sp³-hybridized carbons (Fsp3) is 0.407. The molecule has 0 N–H and O–H groups in total. The van der Waals surface area contributed by atoms with Crippen LogP contribution in [0.3, 0.4) is 0 Å². The molecule has 36 heavy (non-hydrogen) atoms. The second-order valence-corrected chi connectivity index (χ2v) is 9.77. The van der Waals surface area contributed by atoms with Crippen molar-refractivity contribution in [3.63, 3.8) is 0 Å². The minimum Gasteiger partial charge on any atom is -0.493 e. The van der Waals surface area contributed by atoms with Crippen molar-refractivity contribution in [3.05, 3.63) is 63.1 Å². The number of carbonyl (C=O) groups excluding carboxylic acids is 2. The van der Waals surface area contributed by atoms with Gasteiger partial charge in [-0.05, 0) is 50.4 Å². The predicted octanol–water partition coefficient (Wildman–Crippen LogP) is 4.35. The maximum atomic E-state index is 13.5. The Morgan fingerprint density at radius 1 is 1.11 bits per heavy atom. The Balaban J connectivity index is 1.47. The molecule has 1 aliphatic rings. The van der Waals surface area contributed by atoms with Crippen molar-refractivity contribution < 1.29 is 28.5 Å². The molecular weight excluding hydrogens is 480 g/mol. The average molecular weight is 513 g/mol. The van der Waals surface area contributed by atoms with E-state index in [0.717, 1.165) is 17.9 Å². The molecule has 4 rings (SSSR count). The Bertz CT molecular complexity index is 1230. The highest BCUT2D eigenvalue weighted by Gasteiger charge is 2.29. The van der Waals surface area contributed by atoms with Gasteiger partial charge in [-0.1, -0.05) is 6.07 Å². The Morgan fingerprint density at radius 3 is 2.58 bits per heavy atom. The number of hydrogen-bond donors (Lipinski definition) is 0. The highest BCUT2D eigenvalue weighted by atomic mass is 32.1. The van der Waals surface area contributed by atoms with Crippen LogP contribution in [0.1, 0.15) is 43.9 Å². The summed E-state index contributed by atoms with van der Waals surface area (Å²) in [7, 11) is 3.03. The fourth-order valence-electron chi connectivity index (χ4n) is 4.49. The largest absolute Gasteiger partial charge is 0.493 e. The van der Waals surface area contributed by atoms with Gasteiger partial charge < -0.3 is 28.4 Å². The smallest absolute Gasteiger partial charge is 0.255 e. The van der Waals surface area contributed by atoms with Crippen molar-refractivity contribution in [3.8, 4) is 17.2 Å². The van der Waals surface area contributed by atoms with Crippen LogP contribution in [-0.2, 0) is 11.3 Å². The first-order valence-corrected chi connectivity index (χ1v) is 12.7. The topological polar surface area (TPSA) is 79.2 Å². The molecule has 0 bridgehead atoms. The Kier molecular flexibility index (Phi) is 8.01. The van der Waals surface area contributed by atoms with Crippen LogP contribution < -0.4 is 14.2 Å². The molecule has 1 atom stereocenters. The zero-order valence-electron chi connectivity index (χ0n) is 21.3. The van der Waals surface area contributed by atoms with Crippen molar-refractivity contribution in [1.82, 2.24) is 9.47 Å². The quantitative estimate of drug-likeness (QED) is 0.397. The number of benzene rings is 1. The van der Waals surface area contributed by atoms with E-state index in [2.05, 4.69) is 16.0 Å². The molecule has 192 valence electrons. The molecule has 0 saturated carbocycles. The lowest BCUT2D eigenvalue weighted by molar-refractivity contribution is -0.0405. The number of aryl methyl sites for hydroxylation is 1. The van der Waals surface area contributed by atoms with Gasteiger partial charge in [0.15, 0.2) is 17.3 Å². The zero-order valence-corrected chi connectivity index (χ0v) is 22.1. The number of Topliss-reactive ketones (excluding diaryl/α,β-unsaturated/α-hetero) is 1. The molecule has 1 saturated heterocycles. The number of nitrogens with zero attached hydrogens (tertiary/aromatic N) is 2. The second kappa shape index (κ2) is 11.2. The molecule has 1 aliphatic heterocycles. The lowest BCUT2D eigenvalue weighted by Gasteiger charge is -2.33. The van der Waals surface area contributed by atoms with Gasteiger partial charge in [0.25, 0.3) is 5.91 Å². The first-order valence-electron chi connectivity index (χ1n) is 11.8. The molecule has 0 radical (unpaired) electrons. The van der Waals surface area contributed by atoms with Gasteiger partial charge in [0.1, 0.15) is 12.7 Å². The van der Waals surface area contributed by atoms with Gasteiger partial charge in [0, 0.05) is 22.8 Å². The predicted molar refractivity (Wildman–Crippen MR) is 138 cm³/mol. The lowest BCUT2D eigenvalue weighted by Crippen LogP contribution is -2.47. The van der Waals surface area contributed by atoms with Crippen LogP contribution in [0.2, 0.25) is 0 Å². The van der Waals surface area contributed by atoms with Crippen molar-refractivity contribution in [1.29, 1.82) is 0 Å². The van der Waals surface area contributed by atoms with Crippen LogP contribution in [-0.4, -0.2) is 67.8 Å². The van der Waals surface area contributed by atoms with E-state index in [4.69, 9.17) is 18.9 Å². The third kappa shape index (κ3) is 5.27. The monoisotopic (exact) mass is 512 g/mol. The summed E-state index contributed by atoms with van der Waals surface area (Å²) in [5.41, 5.74) is 3.12. The highest BCUT2D eigenvalue weighted by molar-refractivity contribution is 7.09. The van der Waals surface area contributed by atoms with Gasteiger partial charge >= 0.3 is 0 Å². The molecule has 0 aliphatic carbocycles. The molecule has 8 nitrogen and oxygen atoms in total. The average Bonchev–Trinajstić information content (AvgIpc) is 3.50. The molecular formula is C27H32N2O6S. The molecule has 3 heterocycles. The molecule has 9 heteroatoms. The van der Waals surface area contributed by atoms with E-state index in [0.29, 0.717) is 48.1 Å². The number of morpholine rings is 1. The SMILES string of the molecule is COc1ccc(C(C)=O)c(OCC2CN(C(=O)c3cc(C)n(Cc4cccs4)c3C)CCO2)c1OC. The van der Waals surface area contributed by atoms with E-state index in [1.807, 2.05) is 30.9 Å². The Labute approximate surface area is 215 Å². The van der Waals surface area contributed by atoms with E-state index >= 15 is 0 Å². The summed E-state index contributed by atoms with van der Waals surface area (Å²) in [4.78, 5) is 28.7. The van der Waals surface area contributed by atoms with Crippen molar-refractivity contribution >= 4 is 23.0 Å². The molecule has 1 amide bonds. The molecule has 2 aromatic heterocycles. The number of carbonyl (C=O) groups is 2. The second-order valence-electron chi connectivity index (χ2n) is 8.74. The highest BCUT2D eigenvalue weighted by Crippen LogP contribution is 2.40. The van der Waals surface area contributed by atoms with E-state index in [1.54, 1.807) is 23.5 Å². The van der Waals surface area contributed by atoms with E-state index < -0.39 is 0 Å². The van der Waals surface area contributed by atoms with Crippen LogP contribution in [0.4, 0.5) is 0 Å². The maximum Gasteiger partial charge on any atom is 0.255 e. The van der Waals surface area contributed by atoms with Gasteiger partial charge in [-0.2, -0.15) is 0 Å². The number of amides is 1. The van der Waals surface area contributed by atoms with Crippen LogP contribution >= 0.6 is 11.3 Å². The van der Waals surface area contributed by atoms with Crippen LogP contribution in [0.15, 0.2) is 35.7 Å². The molecule has 0 spiro atoms. The number of ether oxygens (including phenoxy) is 4. The first-order chi connectivity index (χ1) is 17.3. The summed E-state index contributed by atoms with van der Waals surface area (Å²) in [5, 5.41) is 2.06. The summed E-state index contributed by atoms with van der Waals surface area (Å²) < 4.78 is 25.0. The minimum atomic E-state index is -0.354. The van der Waals surface area contributed by atoms with Gasteiger partial charge in [-0.15, -0.1) is 11.3 Å². The number of thiophene rings is 1. The third-order valence-electron chi connectivity index (χ3n) is 6.42. The van der Waals surface area contributed by atoms with Crippen molar-refractivity contribution in [2.75, 3.05) is 40.5 Å². The summed E-state index contributed by atoms with van der Waals surface area (Å²) in [5.74, 6) is 0.972. The van der Waals surface area contributed by atoms with E-state index in [1.165, 1.54) is 26.0 Å². The first kappa shape index (κ1) is 25.8. The normalized spacial score (nSPS) is 15.6. The summed E-state index contributed by atoms with van der Waals surface area (Å²) >= 11 is 1.71. The number of aromatic nitrogens is 1.